The van der Waals surface area contributed by atoms with Crippen molar-refractivity contribution in [3.8, 4) is 84.2 Å². The first-order chi connectivity index (χ1) is 38.3. The van der Waals surface area contributed by atoms with Gasteiger partial charge in [0.05, 0.1) is 50.6 Å². The number of aryl methyl sites for hydroxylation is 5. The third kappa shape index (κ3) is 8.47. The lowest BCUT2D eigenvalue weighted by Gasteiger charge is -2.21. The van der Waals surface area contributed by atoms with Crippen molar-refractivity contribution < 1.29 is 13.2 Å². The van der Waals surface area contributed by atoms with E-state index in [2.05, 4.69) is 213 Å². The number of halogens is 3. The number of fused-ring (bicyclic) bond motifs is 6. The summed E-state index contributed by atoms with van der Waals surface area (Å²) >= 11 is 0. The molecule has 0 unspecified atom stereocenters. The smallest absolute Gasteiger partial charge is 0.309 e. The third-order valence-corrected chi connectivity index (χ3v) is 16.0. The number of hydrogen-bond donors (Lipinski definition) is 0. The van der Waals surface area contributed by atoms with Crippen LogP contribution in [0.15, 0.2) is 224 Å². The number of nitriles is 1. The average molecular weight is 1030 g/mol. The van der Waals surface area contributed by atoms with Crippen LogP contribution in [0.5, 0.6) is 0 Å². The maximum atomic E-state index is 14.7. The van der Waals surface area contributed by atoms with Crippen molar-refractivity contribution in [2.24, 2.45) is 0 Å². The Kier molecular flexibility index (Phi) is 11.8. The second-order valence-corrected chi connectivity index (χ2v) is 21.0. The van der Waals surface area contributed by atoms with E-state index in [1.54, 1.807) is 6.92 Å². The molecule has 0 aliphatic heterocycles. The Labute approximate surface area is 457 Å². The Hall–Kier alpha value is -9.70. The molecule has 0 saturated carbocycles. The predicted molar refractivity (Wildman–Crippen MR) is 321 cm³/mol. The van der Waals surface area contributed by atoms with Gasteiger partial charge in [-0.05, 0) is 209 Å². The topological polar surface area (TPSA) is 33.6 Å². The monoisotopic (exact) mass is 1030 g/mol. The molecule has 0 spiro atoms. The molecule has 0 N–H and O–H groups in total. The van der Waals surface area contributed by atoms with Gasteiger partial charge in [0.15, 0.2) is 0 Å². The van der Waals surface area contributed by atoms with Gasteiger partial charge in [-0.1, -0.05) is 133 Å². The molecule has 2 aromatic heterocycles. The molecule has 0 aliphatic carbocycles. The van der Waals surface area contributed by atoms with E-state index in [1.165, 1.54) is 34.4 Å². The lowest BCUT2D eigenvalue weighted by molar-refractivity contribution is -0.137. The zero-order valence-electron chi connectivity index (χ0n) is 44.3. The summed E-state index contributed by atoms with van der Waals surface area (Å²) in [6.45, 7) is 10.2. The van der Waals surface area contributed by atoms with Gasteiger partial charge in [-0.3, -0.25) is 0 Å². The number of rotatable bonds is 8. The summed E-state index contributed by atoms with van der Waals surface area (Å²) in [6.07, 6.45) is -4.55. The van der Waals surface area contributed by atoms with E-state index in [-0.39, 0.29) is 0 Å². The Morgan fingerprint density at radius 1 is 0.329 bits per heavy atom. The standard InChI is InChI=1S/C73H52F3N3/c1-44-34-55(37-56(35-44)73(74,75)76)50-23-29-68(79-71-32-26-53(59-20-12-8-16-47(59)4)41-65(71)66-42-54(27-33-72(66)79)60-21-13-9-17-48(60)5)62(38-50)61-36-49(43-77)22-28-67(61)78-69-30-24-51(57-18-10-6-14-45(57)2)39-63(69)64-40-52(25-31-70(64)78)58-19-11-7-15-46(58)3/h6-42H,1-5H3. The van der Waals surface area contributed by atoms with Crippen LogP contribution in [0, 0.1) is 45.9 Å². The predicted octanol–water partition coefficient (Wildman–Crippen LogP) is 20.3. The molecule has 0 aliphatic rings. The largest absolute Gasteiger partial charge is 0.416 e. The number of alkyl halides is 3. The molecule has 0 bridgehead atoms. The molecule has 3 nitrogen and oxygen atoms in total. The fourth-order valence-electron chi connectivity index (χ4n) is 12.1. The summed E-state index contributed by atoms with van der Waals surface area (Å²) in [4.78, 5) is 0. The SMILES string of the molecule is Cc1cc(-c2ccc(-n3c4ccc(-c5ccccc5C)cc4c4cc(-c5ccccc5C)ccc43)c(-c3cc(C#N)ccc3-n3c4ccc(-c5ccccc5C)cc4c4cc(-c5ccccc5C)ccc43)c2)cc(C(F)(F)F)c1. The van der Waals surface area contributed by atoms with Gasteiger partial charge in [0.2, 0.25) is 0 Å². The first-order valence-electron chi connectivity index (χ1n) is 26.6. The second kappa shape index (κ2) is 19.1. The van der Waals surface area contributed by atoms with Crippen LogP contribution in [0.25, 0.3) is 122 Å². The first kappa shape index (κ1) is 48.9. The van der Waals surface area contributed by atoms with Gasteiger partial charge in [-0.25, -0.2) is 0 Å². The molecule has 79 heavy (non-hydrogen) atoms. The van der Waals surface area contributed by atoms with Crippen molar-refractivity contribution in [2.45, 2.75) is 40.8 Å². The van der Waals surface area contributed by atoms with Gasteiger partial charge in [0.1, 0.15) is 0 Å². The van der Waals surface area contributed by atoms with Crippen LogP contribution < -0.4 is 0 Å². The Balaban J connectivity index is 1.13. The highest BCUT2D eigenvalue weighted by Gasteiger charge is 2.31. The van der Waals surface area contributed by atoms with Crippen LogP contribution in [0.2, 0.25) is 0 Å². The highest BCUT2D eigenvalue weighted by Crippen LogP contribution is 2.46. The molecule has 2 heterocycles. The van der Waals surface area contributed by atoms with Crippen LogP contribution in [-0.4, -0.2) is 9.13 Å². The van der Waals surface area contributed by atoms with Crippen LogP contribution in [0.4, 0.5) is 13.2 Å². The van der Waals surface area contributed by atoms with E-state index >= 15 is 0 Å². The minimum Gasteiger partial charge on any atom is -0.309 e. The summed E-state index contributed by atoms with van der Waals surface area (Å²) in [5.41, 5.74) is 21.9. The van der Waals surface area contributed by atoms with E-state index in [1.807, 2.05) is 42.5 Å². The van der Waals surface area contributed by atoms with Crippen molar-refractivity contribution >= 4 is 43.6 Å². The number of hydrogen-bond acceptors (Lipinski definition) is 1. The number of benzene rings is 11. The van der Waals surface area contributed by atoms with E-state index < -0.39 is 11.7 Å². The number of nitrogens with zero attached hydrogens (tertiary/aromatic N) is 3. The first-order valence-corrected chi connectivity index (χ1v) is 26.6. The van der Waals surface area contributed by atoms with E-state index in [4.69, 9.17) is 0 Å². The van der Waals surface area contributed by atoms with Crippen LogP contribution >= 0.6 is 0 Å². The van der Waals surface area contributed by atoms with Crippen LogP contribution in [0.3, 0.4) is 0 Å². The minimum atomic E-state index is -4.55. The normalized spacial score (nSPS) is 11.8. The maximum absolute atomic E-state index is 14.7. The minimum absolute atomic E-state index is 0.440. The third-order valence-electron chi connectivity index (χ3n) is 16.0. The van der Waals surface area contributed by atoms with Gasteiger partial charge < -0.3 is 9.13 Å². The summed E-state index contributed by atoms with van der Waals surface area (Å²) in [6, 6.07) is 78.9. The summed E-state index contributed by atoms with van der Waals surface area (Å²) in [5, 5.41) is 15.0. The summed E-state index contributed by atoms with van der Waals surface area (Å²) in [5.74, 6) is 0. The molecule has 0 saturated heterocycles. The maximum Gasteiger partial charge on any atom is 0.416 e. The van der Waals surface area contributed by atoms with Crippen molar-refractivity contribution in [3.05, 3.63) is 263 Å². The molecule has 0 fully saturated rings. The molecule has 13 rings (SSSR count). The van der Waals surface area contributed by atoms with Gasteiger partial charge in [-0.2, -0.15) is 18.4 Å². The van der Waals surface area contributed by atoms with Gasteiger partial charge in [0, 0.05) is 32.7 Å². The lowest BCUT2D eigenvalue weighted by atomic mass is 9.93. The van der Waals surface area contributed by atoms with E-state index in [0.717, 1.165) is 111 Å². The van der Waals surface area contributed by atoms with E-state index in [0.29, 0.717) is 22.3 Å². The number of aromatic nitrogens is 2. The van der Waals surface area contributed by atoms with E-state index in [9.17, 15) is 18.4 Å². The molecule has 11 aromatic carbocycles. The lowest BCUT2D eigenvalue weighted by Crippen LogP contribution is -2.05. The van der Waals surface area contributed by atoms with Crippen LogP contribution in [-0.2, 0) is 6.18 Å². The zero-order chi connectivity index (χ0) is 54.3. The molecule has 380 valence electrons. The van der Waals surface area contributed by atoms with Crippen molar-refractivity contribution in [2.75, 3.05) is 0 Å². The molecular formula is C73H52F3N3. The molecule has 0 amide bonds. The Morgan fingerprint density at radius 2 is 0.684 bits per heavy atom. The molecule has 6 heteroatoms. The van der Waals surface area contributed by atoms with Gasteiger partial charge in [-0.15, -0.1) is 0 Å². The highest BCUT2D eigenvalue weighted by molar-refractivity contribution is 6.14. The summed E-state index contributed by atoms with van der Waals surface area (Å²) < 4.78 is 48.6. The quantitative estimate of drug-likeness (QED) is 0.149. The Bertz CT molecular complexity index is 4470. The van der Waals surface area contributed by atoms with Gasteiger partial charge in [0.25, 0.3) is 0 Å². The summed E-state index contributed by atoms with van der Waals surface area (Å²) in [7, 11) is 0. The van der Waals surface area contributed by atoms with Crippen molar-refractivity contribution in [1.82, 2.24) is 9.13 Å². The second-order valence-electron chi connectivity index (χ2n) is 21.0. The molecule has 0 radical (unpaired) electrons. The molecule has 13 aromatic rings. The van der Waals surface area contributed by atoms with Crippen molar-refractivity contribution in [1.29, 1.82) is 5.26 Å². The highest BCUT2D eigenvalue weighted by atomic mass is 19.4. The molecular weight excluding hydrogens is 976 g/mol. The zero-order valence-corrected chi connectivity index (χ0v) is 44.3. The van der Waals surface area contributed by atoms with Gasteiger partial charge >= 0.3 is 6.18 Å². The van der Waals surface area contributed by atoms with Crippen LogP contribution in [0.1, 0.15) is 38.9 Å². The van der Waals surface area contributed by atoms with Crippen molar-refractivity contribution in [3.63, 3.8) is 0 Å². The average Bonchev–Trinajstić information content (AvgIpc) is 4.16. The Morgan fingerprint density at radius 3 is 1.05 bits per heavy atom. The fourth-order valence-corrected chi connectivity index (χ4v) is 12.1. The molecule has 0 atom stereocenters. The fraction of sp³-hybridized carbons (Fsp3) is 0.0822.